The summed E-state index contributed by atoms with van der Waals surface area (Å²) in [5.41, 5.74) is 6.71. The van der Waals surface area contributed by atoms with E-state index >= 15 is 0 Å². The summed E-state index contributed by atoms with van der Waals surface area (Å²) in [5, 5.41) is 0. The number of benzene rings is 1. The van der Waals surface area contributed by atoms with Gasteiger partial charge >= 0.3 is 0 Å². The van der Waals surface area contributed by atoms with Gasteiger partial charge in [-0.3, -0.25) is 4.79 Å². The van der Waals surface area contributed by atoms with E-state index in [9.17, 15) is 9.18 Å². The van der Waals surface area contributed by atoms with Crippen LogP contribution in [-0.2, 0) is 0 Å². The van der Waals surface area contributed by atoms with E-state index in [0.717, 1.165) is 25.9 Å². The summed E-state index contributed by atoms with van der Waals surface area (Å²) in [6.07, 6.45) is 1.92. The molecule has 1 heterocycles. The maximum absolute atomic E-state index is 13.2. The first-order valence-electron chi connectivity index (χ1n) is 6.37. The van der Waals surface area contributed by atoms with Gasteiger partial charge in [0, 0.05) is 18.7 Å². The van der Waals surface area contributed by atoms with Crippen LogP contribution in [0.4, 0.5) is 4.39 Å². The van der Waals surface area contributed by atoms with Gasteiger partial charge in [-0.1, -0.05) is 0 Å². The molecule has 1 aliphatic rings. The Morgan fingerprint density at radius 3 is 2.58 bits per heavy atom. The van der Waals surface area contributed by atoms with Crippen LogP contribution in [0.25, 0.3) is 0 Å². The highest BCUT2D eigenvalue weighted by molar-refractivity contribution is 5.94. The zero-order chi connectivity index (χ0) is 13.1. The topological polar surface area (TPSA) is 46.3 Å². The van der Waals surface area contributed by atoms with Crippen molar-refractivity contribution in [2.45, 2.75) is 19.8 Å². The Kier molecular flexibility index (Phi) is 5.76. The van der Waals surface area contributed by atoms with Crippen LogP contribution in [0.5, 0.6) is 0 Å². The lowest BCUT2D eigenvalue weighted by atomic mass is 9.96. The fourth-order valence-corrected chi connectivity index (χ4v) is 2.33. The Hall–Kier alpha value is -1.13. The molecule has 1 aromatic rings. The molecule has 0 unspecified atom stereocenters. The monoisotopic (exact) mass is 286 g/mol. The predicted molar refractivity (Wildman–Crippen MR) is 76.1 cm³/mol. The number of nitrogens with two attached hydrogens (primary N) is 1. The number of halogens is 2. The SMILES string of the molecule is Cc1cc(C(=O)N2CCC(CN)CC2)ccc1F.Cl. The minimum atomic E-state index is -0.270. The maximum atomic E-state index is 13.2. The van der Waals surface area contributed by atoms with E-state index in [-0.39, 0.29) is 24.1 Å². The van der Waals surface area contributed by atoms with Crippen molar-refractivity contribution in [3.05, 3.63) is 35.1 Å². The quantitative estimate of drug-likeness (QED) is 0.907. The number of nitrogens with zero attached hydrogens (tertiary/aromatic N) is 1. The van der Waals surface area contributed by atoms with Gasteiger partial charge in [-0.25, -0.2) is 4.39 Å². The summed E-state index contributed by atoms with van der Waals surface area (Å²) < 4.78 is 13.2. The molecule has 1 saturated heterocycles. The van der Waals surface area contributed by atoms with Gasteiger partial charge in [-0.05, 0) is 56.0 Å². The summed E-state index contributed by atoms with van der Waals surface area (Å²) in [6, 6.07) is 4.53. The molecule has 106 valence electrons. The summed E-state index contributed by atoms with van der Waals surface area (Å²) in [7, 11) is 0. The fraction of sp³-hybridized carbons (Fsp3) is 0.500. The number of amides is 1. The second-order valence-electron chi connectivity index (χ2n) is 4.94. The van der Waals surface area contributed by atoms with Crippen molar-refractivity contribution >= 4 is 18.3 Å². The highest BCUT2D eigenvalue weighted by Crippen LogP contribution is 2.19. The van der Waals surface area contributed by atoms with Gasteiger partial charge in [-0.15, -0.1) is 12.4 Å². The molecule has 0 saturated carbocycles. The molecule has 2 N–H and O–H groups in total. The van der Waals surface area contributed by atoms with Crippen molar-refractivity contribution in [3.63, 3.8) is 0 Å². The van der Waals surface area contributed by atoms with Crippen molar-refractivity contribution < 1.29 is 9.18 Å². The molecule has 5 heteroatoms. The second kappa shape index (κ2) is 6.87. The molecule has 0 aliphatic carbocycles. The molecule has 0 aromatic heterocycles. The third-order valence-electron chi connectivity index (χ3n) is 3.64. The summed E-state index contributed by atoms with van der Waals surface area (Å²) in [6.45, 7) is 3.86. The molecular weight excluding hydrogens is 267 g/mol. The van der Waals surface area contributed by atoms with Crippen LogP contribution in [-0.4, -0.2) is 30.4 Å². The molecule has 1 amide bonds. The average Bonchev–Trinajstić information content (AvgIpc) is 2.41. The lowest BCUT2D eigenvalue weighted by molar-refractivity contribution is 0.0693. The minimum Gasteiger partial charge on any atom is -0.339 e. The standard InChI is InChI=1S/C14H19FN2O.ClH/c1-10-8-12(2-3-13(10)15)14(18)17-6-4-11(9-16)5-7-17;/h2-3,8,11H,4-7,9,16H2,1H3;1H. The number of rotatable bonds is 2. The van der Waals surface area contributed by atoms with Gasteiger partial charge < -0.3 is 10.6 Å². The van der Waals surface area contributed by atoms with Crippen LogP contribution in [0.1, 0.15) is 28.8 Å². The first-order chi connectivity index (χ1) is 8.61. The molecule has 1 aromatic carbocycles. The predicted octanol–water partition coefficient (Wildman–Crippen LogP) is 2.37. The summed E-state index contributed by atoms with van der Waals surface area (Å²) in [5.74, 6) is 0.256. The summed E-state index contributed by atoms with van der Waals surface area (Å²) in [4.78, 5) is 14.1. The molecule has 0 bridgehead atoms. The number of aryl methyl sites for hydroxylation is 1. The van der Waals surface area contributed by atoms with E-state index in [1.165, 1.54) is 6.07 Å². The normalized spacial score (nSPS) is 16.1. The van der Waals surface area contributed by atoms with Crippen molar-refractivity contribution in [2.75, 3.05) is 19.6 Å². The number of carbonyl (C=O) groups is 1. The van der Waals surface area contributed by atoms with Gasteiger partial charge in [0.1, 0.15) is 5.82 Å². The van der Waals surface area contributed by atoms with Crippen LogP contribution < -0.4 is 5.73 Å². The average molecular weight is 287 g/mol. The van der Waals surface area contributed by atoms with E-state index in [2.05, 4.69) is 0 Å². The van der Waals surface area contributed by atoms with Gasteiger partial charge in [0.25, 0.3) is 5.91 Å². The minimum absolute atomic E-state index is 0. The van der Waals surface area contributed by atoms with Gasteiger partial charge in [0.15, 0.2) is 0 Å². The third kappa shape index (κ3) is 3.67. The highest BCUT2D eigenvalue weighted by Gasteiger charge is 2.23. The highest BCUT2D eigenvalue weighted by atomic mass is 35.5. The van der Waals surface area contributed by atoms with E-state index < -0.39 is 0 Å². The van der Waals surface area contributed by atoms with E-state index in [1.807, 2.05) is 4.90 Å². The Balaban J connectivity index is 0.00000180. The lowest BCUT2D eigenvalue weighted by Gasteiger charge is -2.31. The van der Waals surface area contributed by atoms with Gasteiger partial charge in [0.2, 0.25) is 0 Å². The number of carbonyl (C=O) groups excluding carboxylic acids is 1. The number of likely N-dealkylation sites (tertiary alicyclic amines) is 1. The zero-order valence-corrected chi connectivity index (χ0v) is 11.9. The summed E-state index contributed by atoms with van der Waals surface area (Å²) >= 11 is 0. The smallest absolute Gasteiger partial charge is 0.253 e. The molecule has 3 nitrogen and oxygen atoms in total. The zero-order valence-electron chi connectivity index (χ0n) is 11.1. The first kappa shape index (κ1) is 15.9. The Morgan fingerprint density at radius 1 is 1.42 bits per heavy atom. The lowest BCUT2D eigenvalue weighted by Crippen LogP contribution is -2.40. The molecule has 0 radical (unpaired) electrons. The van der Waals surface area contributed by atoms with Crippen molar-refractivity contribution in [1.29, 1.82) is 0 Å². The van der Waals surface area contributed by atoms with Gasteiger partial charge in [0.05, 0.1) is 0 Å². The van der Waals surface area contributed by atoms with Crippen molar-refractivity contribution in [1.82, 2.24) is 4.90 Å². The largest absolute Gasteiger partial charge is 0.339 e. The molecule has 19 heavy (non-hydrogen) atoms. The van der Waals surface area contributed by atoms with Crippen molar-refractivity contribution in [2.24, 2.45) is 11.7 Å². The molecule has 2 rings (SSSR count). The van der Waals surface area contributed by atoms with Crippen LogP contribution in [0.3, 0.4) is 0 Å². The third-order valence-corrected chi connectivity index (χ3v) is 3.64. The molecule has 0 atom stereocenters. The Bertz CT molecular complexity index is 445. The van der Waals surface area contributed by atoms with E-state index in [4.69, 9.17) is 5.73 Å². The van der Waals surface area contributed by atoms with Crippen LogP contribution >= 0.6 is 12.4 Å². The fourth-order valence-electron chi connectivity index (χ4n) is 2.33. The van der Waals surface area contributed by atoms with Crippen LogP contribution in [0.2, 0.25) is 0 Å². The maximum Gasteiger partial charge on any atom is 0.253 e. The second-order valence-corrected chi connectivity index (χ2v) is 4.94. The Morgan fingerprint density at radius 2 is 2.05 bits per heavy atom. The van der Waals surface area contributed by atoms with E-state index in [0.29, 0.717) is 23.6 Å². The van der Waals surface area contributed by atoms with Crippen LogP contribution in [0, 0.1) is 18.7 Å². The first-order valence-corrected chi connectivity index (χ1v) is 6.37. The Labute approximate surface area is 119 Å². The number of hydrogen-bond donors (Lipinski definition) is 1. The van der Waals surface area contributed by atoms with Crippen LogP contribution in [0.15, 0.2) is 18.2 Å². The molecule has 0 spiro atoms. The molecular formula is C14H20ClFN2O. The number of hydrogen-bond acceptors (Lipinski definition) is 2. The van der Waals surface area contributed by atoms with E-state index in [1.54, 1.807) is 19.1 Å². The van der Waals surface area contributed by atoms with Crippen molar-refractivity contribution in [3.8, 4) is 0 Å². The molecule has 1 aliphatic heterocycles. The number of piperidine rings is 1. The molecule has 1 fully saturated rings. The van der Waals surface area contributed by atoms with Gasteiger partial charge in [-0.2, -0.15) is 0 Å².